The van der Waals surface area contributed by atoms with Gasteiger partial charge in [0.25, 0.3) is 0 Å². The Kier molecular flexibility index (Phi) is 4.25. The molecule has 1 fully saturated rings. The van der Waals surface area contributed by atoms with Crippen molar-refractivity contribution in [1.82, 2.24) is 0 Å². The standard InChI is InChI=1S/C16H12BrCl2NO/c17-10-3-1-9(2-4-10)16(20-21)14-8-13(14)12-6-5-11(18)7-15(12)19/h1-7,13-14,21H,8H2/b20-16-/t13-,14-/m0/s1. The SMILES string of the molecule is O/N=C(/c1ccc(Br)cc1)[C@H]1C[C@H]1c1ccc(Cl)cc1Cl. The van der Waals surface area contributed by atoms with E-state index in [1.165, 1.54) is 0 Å². The second-order valence-electron chi connectivity index (χ2n) is 5.11. The van der Waals surface area contributed by atoms with E-state index in [1.807, 2.05) is 36.4 Å². The van der Waals surface area contributed by atoms with Crippen molar-refractivity contribution in [2.24, 2.45) is 11.1 Å². The van der Waals surface area contributed by atoms with E-state index in [4.69, 9.17) is 23.2 Å². The molecule has 0 spiro atoms. The summed E-state index contributed by atoms with van der Waals surface area (Å²) in [5.74, 6) is 0.471. The van der Waals surface area contributed by atoms with Gasteiger partial charge in [0.1, 0.15) is 0 Å². The Hall–Kier alpha value is -1.03. The molecule has 1 saturated carbocycles. The van der Waals surface area contributed by atoms with Crippen LogP contribution in [0.25, 0.3) is 0 Å². The average molecular weight is 385 g/mol. The molecular weight excluding hydrogens is 373 g/mol. The van der Waals surface area contributed by atoms with Gasteiger partial charge in [0, 0.05) is 20.4 Å². The predicted octanol–water partition coefficient (Wildman–Crippen LogP) is 5.74. The maximum Gasteiger partial charge on any atom is 0.0904 e. The fourth-order valence-electron chi connectivity index (χ4n) is 2.61. The highest BCUT2D eigenvalue weighted by molar-refractivity contribution is 9.10. The third kappa shape index (κ3) is 3.10. The van der Waals surface area contributed by atoms with Gasteiger partial charge in [-0.05, 0) is 47.7 Å². The molecule has 108 valence electrons. The van der Waals surface area contributed by atoms with Gasteiger partial charge in [0.05, 0.1) is 5.71 Å². The highest BCUT2D eigenvalue weighted by atomic mass is 79.9. The van der Waals surface area contributed by atoms with Crippen molar-refractivity contribution in [2.45, 2.75) is 12.3 Å². The summed E-state index contributed by atoms with van der Waals surface area (Å²) in [5, 5.41) is 14.2. The van der Waals surface area contributed by atoms with E-state index >= 15 is 0 Å². The maximum absolute atomic E-state index is 9.36. The second kappa shape index (κ2) is 5.99. The lowest BCUT2D eigenvalue weighted by molar-refractivity contribution is 0.317. The van der Waals surface area contributed by atoms with Gasteiger partial charge in [0.2, 0.25) is 0 Å². The first kappa shape index (κ1) is 14.9. The summed E-state index contributed by atoms with van der Waals surface area (Å²) in [6.07, 6.45) is 0.927. The molecule has 0 aromatic heterocycles. The number of oxime groups is 1. The van der Waals surface area contributed by atoms with Crippen LogP contribution < -0.4 is 0 Å². The number of hydrogen-bond acceptors (Lipinski definition) is 2. The quantitative estimate of drug-likeness (QED) is 0.408. The Morgan fingerprint density at radius 1 is 1.14 bits per heavy atom. The lowest BCUT2D eigenvalue weighted by Crippen LogP contribution is -2.05. The van der Waals surface area contributed by atoms with E-state index in [2.05, 4.69) is 21.1 Å². The highest BCUT2D eigenvalue weighted by Gasteiger charge is 2.43. The predicted molar refractivity (Wildman–Crippen MR) is 89.8 cm³/mol. The zero-order valence-corrected chi connectivity index (χ0v) is 14.0. The van der Waals surface area contributed by atoms with E-state index in [-0.39, 0.29) is 11.8 Å². The van der Waals surface area contributed by atoms with Crippen molar-refractivity contribution in [3.63, 3.8) is 0 Å². The fourth-order valence-corrected chi connectivity index (χ4v) is 3.42. The molecular formula is C16H12BrCl2NO. The van der Waals surface area contributed by atoms with Crippen molar-refractivity contribution in [2.75, 3.05) is 0 Å². The van der Waals surface area contributed by atoms with E-state index < -0.39 is 0 Å². The van der Waals surface area contributed by atoms with Crippen LogP contribution in [0, 0.1) is 5.92 Å². The molecule has 1 aliphatic rings. The zero-order valence-electron chi connectivity index (χ0n) is 10.9. The smallest absolute Gasteiger partial charge is 0.0904 e. The van der Waals surface area contributed by atoms with Crippen LogP contribution in [0.2, 0.25) is 10.0 Å². The maximum atomic E-state index is 9.36. The van der Waals surface area contributed by atoms with Crippen molar-refractivity contribution in [3.05, 3.63) is 68.1 Å². The summed E-state index contributed by atoms with van der Waals surface area (Å²) in [4.78, 5) is 0. The molecule has 0 amide bonds. The van der Waals surface area contributed by atoms with E-state index in [0.29, 0.717) is 15.8 Å². The van der Waals surface area contributed by atoms with Gasteiger partial charge in [-0.15, -0.1) is 0 Å². The Bertz CT molecular complexity index is 700. The number of nitrogens with zero attached hydrogens (tertiary/aromatic N) is 1. The summed E-state index contributed by atoms with van der Waals surface area (Å²) in [5.41, 5.74) is 2.70. The van der Waals surface area contributed by atoms with E-state index in [9.17, 15) is 5.21 Å². The number of halogens is 3. The van der Waals surface area contributed by atoms with Gasteiger partial charge in [-0.1, -0.05) is 62.5 Å². The average Bonchev–Trinajstić information content (AvgIpc) is 3.22. The molecule has 21 heavy (non-hydrogen) atoms. The molecule has 0 radical (unpaired) electrons. The minimum absolute atomic E-state index is 0.190. The number of benzene rings is 2. The molecule has 2 atom stereocenters. The molecule has 1 N–H and O–H groups in total. The zero-order chi connectivity index (χ0) is 15.0. The van der Waals surface area contributed by atoms with Gasteiger partial charge in [-0.25, -0.2) is 0 Å². The van der Waals surface area contributed by atoms with Crippen LogP contribution in [0.5, 0.6) is 0 Å². The summed E-state index contributed by atoms with van der Waals surface area (Å²) in [6.45, 7) is 0. The minimum atomic E-state index is 0.190. The molecule has 2 aromatic rings. The van der Waals surface area contributed by atoms with Crippen LogP contribution in [0.1, 0.15) is 23.5 Å². The van der Waals surface area contributed by atoms with E-state index in [0.717, 1.165) is 22.0 Å². The van der Waals surface area contributed by atoms with Gasteiger partial charge < -0.3 is 5.21 Å². The Morgan fingerprint density at radius 2 is 1.86 bits per heavy atom. The van der Waals surface area contributed by atoms with Crippen LogP contribution in [0.4, 0.5) is 0 Å². The highest BCUT2D eigenvalue weighted by Crippen LogP contribution is 2.51. The molecule has 0 saturated heterocycles. The Balaban J connectivity index is 1.84. The Morgan fingerprint density at radius 3 is 2.48 bits per heavy atom. The third-order valence-electron chi connectivity index (χ3n) is 3.75. The fraction of sp³-hybridized carbons (Fsp3) is 0.188. The van der Waals surface area contributed by atoms with Gasteiger partial charge in [-0.3, -0.25) is 0 Å². The summed E-state index contributed by atoms with van der Waals surface area (Å²) < 4.78 is 0.997. The number of hydrogen-bond donors (Lipinski definition) is 1. The first-order valence-electron chi connectivity index (χ1n) is 6.53. The lowest BCUT2D eigenvalue weighted by Gasteiger charge is -2.06. The van der Waals surface area contributed by atoms with Gasteiger partial charge in [-0.2, -0.15) is 0 Å². The summed E-state index contributed by atoms with van der Waals surface area (Å²) in [6, 6.07) is 13.3. The van der Waals surface area contributed by atoms with Crippen molar-refractivity contribution in [3.8, 4) is 0 Å². The van der Waals surface area contributed by atoms with Crippen LogP contribution in [-0.2, 0) is 0 Å². The molecule has 3 rings (SSSR count). The van der Waals surface area contributed by atoms with Crippen LogP contribution in [0.3, 0.4) is 0 Å². The second-order valence-corrected chi connectivity index (χ2v) is 6.87. The topological polar surface area (TPSA) is 32.6 Å². The number of rotatable bonds is 3. The Labute approximate surface area is 141 Å². The van der Waals surface area contributed by atoms with Crippen molar-refractivity contribution in [1.29, 1.82) is 0 Å². The van der Waals surface area contributed by atoms with Crippen LogP contribution in [0.15, 0.2) is 52.1 Å². The van der Waals surface area contributed by atoms with Gasteiger partial charge >= 0.3 is 0 Å². The molecule has 2 nitrogen and oxygen atoms in total. The molecule has 5 heteroatoms. The summed E-state index contributed by atoms with van der Waals surface area (Å²) in [7, 11) is 0. The molecule has 1 aliphatic carbocycles. The van der Waals surface area contributed by atoms with Crippen molar-refractivity contribution >= 4 is 44.8 Å². The monoisotopic (exact) mass is 383 g/mol. The first-order chi connectivity index (χ1) is 10.1. The van der Waals surface area contributed by atoms with Crippen LogP contribution >= 0.6 is 39.1 Å². The molecule has 0 bridgehead atoms. The lowest BCUT2D eigenvalue weighted by atomic mass is 10.0. The summed E-state index contributed by atoms with van der Waals surface area (Å²) >= 11 is 15.6. The molecule has 0 aliphatic heterocycles. The van der Waals surface area contributed by atoms with Crippen molar-refractivity contribution < 1.29 is 5.21 Å². The minimum Gasteiger partial charge on any atom is -0.411 e. The largest absolute Gasteiger partial charge is 0.411 e. The molecule has 0 unspecified atom stereocenters. The third-order valence-corrected chi connectivity index (χ3v) is 4.84. The molecule has 2 aromatic carbocycles. The molecule has 0 heterocycles. The van der Waals surface area contributed by atoms with Crippen LogP contribution in [-0.4, -0.2) is 10.9 Å². The normalized spacial score (nSPS) is 21.4. The van der Waals surface area contributed by atoms with E-state index in [1.54, 1.807) is 6.07 Å². The first-order valence-corrected chi connectivity index (χ1v) is 8.08. The van der Waals surface area contributed by atoms with Gasteiger partial charge in [0.15, 0.2) is 0 Å².